The third-order valence-corrected chi connectivity index (χ3v) is 7.19. The molecule has 3 amide bonds. The third kappa shape index (κ3) is 3.20. The van der Waals surface area contributed by atoms with Gasteiger partial charge in [0.25, 0.3) is 5.91 Å². The van der Waals surface area contributed by atoms with Crippen LogP contribution < -0.4 is 0 Å². The van der Waals surface area contributed by atoms with E-state index < -0.39 is 5.54 Å². The Morgan fingerprint density at radius 2 is 1.68 bits per heavy atom. The van der Waals surface area contributed by atoms with Gasteiger partial charge in [0.15, 0.2) is 5.78 Å². The molecule has 140 valence electrons. The highest BCUT2D eigenvalue weighted by Gasteiger charge is 2.58. The van der Waals surface area contributed by atoms with E-state index in [1.54, 1.807) is 7.05 Å². The van der Waals surface area contributed by atoms with E-state index in [9.17, 15) is 14.4 Å². The predicted molar refractivity (Wildman–Crippen MR) is 96.5 cm³/mol. The van der Waals surface area contributed by atoms with Crippen LogP contribution in [0.2, 0.25) is 0 Å². The molecule has 3 fully saturated rings. The number of alkyl halides is 1. The van der Waals surface area contributed by atoms with E-state index in [1.807, 2.05) is 6.92 Å². The molecule has 3 rings (SSSR count). The van der Waals surface area contributed by atoms with E-state index in [1.165, 1.54) is 16.2 Å². The maximum Gasteiger partial charge on any atom is 0.327 e. The maximum absolute atomic E-state index is 13.2. The van der Waals surface area contributed by atoms with Crippen LogP contribution in [0.1, 0.15) is 64.7 Å². The second-order valence-electron chi connectivity index (χ2n) is 8.09. The Balaban J connectivity index is 1.76. The number of rotatable bonds is 4. The number of amides is 3. The summed E-state index contributed by atoms with van der Waals surface area (Å²) in [6.07, 6.45) is 8.87. The number of nitrogens with zero attached hydrogens (tertiary/aromatic N) is 2. The van der Waals surface area contributed by atoms with Crippen LogP contribution in [0, 0.1) is 11.8 Å². The number of ketones is 1. The van der Waals surface area contributed by atoms with Crippen molar-refractivity contribution < 1.29 is 14.4 Å². The molecule has 3 unspecified atom stereocenters. The molecule has 3 atom stereocenters. The molecule has 25 heavy (non-hydrogen) atoms. The third-order valence-electron chi connectivity index (χ3n) is 6.67. The summed E-state index contributed by atoms with van der Waals surface area (Å²) < 4.78 is 0. The fourth-order valence-corrected chi connectivity index (χ4v) is 5.38. The SMILES string of the molecule is CN1C(=O)N(CC(=O)C2CCCCC2)C(=O)C1(C)C1CCCCC1Cl. The van der Waals surface area contributed by atoms with E-state index in [0.29, 0.717) is 0 Å². The largest absolute Gasteiger partial charge is 0.327 e. The zero-order valence-corrected chi connectivity index (χ0v) is 16.1. The summed E-state index contributed by atoms with van der Waals surface area (Å²) in [5.41, 5.74) is -0.934. The highest BCUT2D eigenvalue weighted by atomic mass is 35.5. The lowest BCUT2D eigenvalue weighted by Crippen LogP contribution is -2.55. The molecule has 2 saturated carbocycles. The minimum absolute atomic E-state index is 0.00182. The highest BCUT2D eigenvalue weighted by molar-refractivity contribution is 6.21. The number of likely N-dealkylation sites (N-methyl/N-ethyl adjacent to an activating group) is 1. The second kappa shape index (κ2) is 7.26. The monoisotopic (exact) mass is 368 g/mol. The van der Waals surface area contributed by atoms with Crippen molar-refractivity contribution in [2.24, 2.45) is 11.8 Å². The first-order valence-corrected chi connectivity index (χ1v) is 10.1. The van der Waals surface area contributed by atoms with Crippen molar-refractivity contribution in [2.75, 3.05) is 13.6 Å². The average molecular weight is 369 g/mol. The Labute approximate surface area is 155 Å². The Kier molecular flexibility index (Phi) is 5.42. The molecule has 0 radical (unpaired) electrons. The first kappa shape index (κ1) is 18.7. The van der Waals surface area contributed by atoms with Gasteiger partial charge in [0.05, 0.1) is 6.54 Å². The summed E-state index contributed by atoms with van der Waals surface area (Å²) >= 11 is 6.53. The van der Waals surface area contributed by atoms with Crippen molar-refractivity contribution in [3.05, 3.63) is 0 Å². The van der Waals surface area contributed by atoms with Gasteiger partial charge in [0, 0.05) is 24.3 Å². The zero-order valence-electron chi connectivity index (χ0n) is 15.3. The predicted octanol–water partition coefficient (Wildman–Crippen LogP) is 3.59. The number of Topliss-reactive ketones (excluding diaryl/α,β-unsaturated/α-hetero) is 1. The number of imide groups is 1. The fraction of sp³-hybridized carbons (Fsp3) is 0.842. The van der Waals surface area contributed by atoms with Crippen LogP contribution in [-0.2, 0) is 9.59 Å². The first-order chi connectivity index (χ1) is 11.9. The Bertz CT molecular complexity index is 561. The van der Waals surface area contributed by atoms with Gasteiger partial charge in [-0.25, -0.2) is 4.79 Å². The van der Waals surface area contributed by atoms with Crippen LogP contribution in [0.4, 0.5) is 4.79 Å². The van der Waals surface area contributed by atoms with Crippen LogP contribution in [0.5, 0.6) is 0 Å². The van der Waals surface area contributed by atoms with Crippen LogP contribution in [0.25, 0.3) is 0 Å². The molecule has 0 N–H and O–H groups in total. The Hall–Kier alpha value is -1.10. The van der Waals surface area contributed by atoms with Gasteiger partial charge in [0.1, 0.15) is 5.54 Å². The molecule has 0 bridgehead atoms. The van der Waals surface area contributed by atoms with Crippen molar-refractivity contribution in [3.63, 3.8) is 0 Å². The number of carbonyl (C=O) groups excluding carboxylic acids is 3. The molecule has 0 spiro atoms. The molecule has 3 aliphatic rings. The van der Waals surface area contributed by atoms with E-state index in [2.05, 4.69) is 0 Å². The fourth-order valence-electron chi connectivity index (χ4n) is 4.86. The second-order valence-corrected chi connectivity index (χ2v) is 8.65. The number of carbonyl (C=O) groups is 3. The van der Waals surface area contributed by atoms with Gasteiger partial charge in [-0.15, -0.1) is 11.6 Å². The lowest BCUT2D eigenvalue weighted by Gasteiger charge is -2.41. The normalized spacial score (nSPS) is 34.7. The van der Waals surface area contributed by atoms with Gasteiger partial charge in [-0.2, -0.15) is 0 Å². The summed E-state index contributed by atoms with van der Waals surface area (Å²) in [7, 11) is 1.67. The molecule has 2 aliphatic carbocycles. The van der Waals surface area contributed by atoms with Gasteiger partial charge < -0.3 is 4.90 Å². The van der Waals surface area contributed by atoms with Crippen molar-refractivity contribution in [1.29, 1.82) is 0 Å². The molecule has 6 heteroatoms. The van der Waals surface area contributed by atoms with Crippen molar-refractivity contribution in [2.45, 2.75) is 75.6 Å². The summed E-state index contributed by atoms with van der Waals surface area (Å²) in [6.45, 7) is 1.74. The quantitative estimate of drug-likeness (QED) is 0.562. The Morgan fingerprint density at radius 1 is 1.08 bits per heavy atom. The molecule has 1 heterocycles. The van der Waals surface area contributed by atoms with Crippen LogP contribution >= 0.6 is 11.6 Å². The first-order valence-electron chi connectivity index (χ1n) is 9.64. The maximum atomic E-state index is 13.2. The molecular weight excluding hydrogens is 340 g/mol. The molecule has 0 aromatic rings. The summed E-state index contributed by atoms with van der Waals surface area (Å²) in [5, 5.41) is -0.105. The van der Waals surface area contributed by atoms with Crippen molar-refractivity contribution in [1.82, 2.24) is 9.80 Å². The molecule has 1 aliphatic heterocycles. The van der Waals surface area contributed by atoms with Crippen molar-refractivity contribution in [3.8, 4) is 0 Å². The average Bonchev–Trinajstić information content (AvgIpc) is 2.79. The smallest absolute Gasteiger partial charge is 0.313 e. The minimum atomic E-state index is -0.934. The van der Waals surface area contributed by atoms with Gasteiger partial charge in [-0.05, 0) is 32.6 Å². The van der Waals surface area contributed by atoms with E-state index >= 15 is 0 Å². The number of hydrogen-bond acceptors (Lipinski definition) is 3. The van der Waals surface area contributed by atoms with E-state index in [4.69, 9.17) is 11.6 Å². The number of hydrogen-bond donors (Lipinski definition) is 0. The lowest BCUT2D eigenvalue weighted by atomic mass is 9.74. The van der Waals surface area contributed by atoms with Crippen LogP contribution in [-0.4, -0.2) is 52.0 Å². The van der Waals surface area contributed by atoms with E-state index in [0.717, 1.165) is 51.4 Å². The molecule has 0 aromatic heterocycles. The summed E-state index contributed by atoms with van der Waals surface area (Å²) in [5.74, 6) is -0.270. The summed E-state index contributed by atoms with van der Waals surface area (Å²) in [6, 6.07) is -0.355. The van der Waals surface area contributed by atoms with Gasteiger partial charge in [0.2, 0.25) is 0 Å². The molecule has 5 nitrogen and oxygen atoms in total. The van der Waals surface area contributed by atoms with Crippen LogP contribution in [0.15, 0.2) is 0 Å². The molecular formula is C19H29ClN2O3. The number of halogens is 1. The number of urea groups is 1. The lowest BCUT2D eigenvalue weighted by molar-refractivity contribution is -0.138. The zero-order chi connectivity index (χ0) is 18.2. The van der Waals surface area contributed by atoms with Crippen LogP contribution in [0.3, 0.4) is 0 Å². The highest BCUT2D eigenvalue weighted by Crippen LogP contribution is 2.43. The van der Waals surface area contributed by atoms with Gasteiger partial charge in [-0.1, -0.05) is 32.1 Å². The van der Waals surface area contributed by atoms with E-state index in [-0.39, 0.29) is 41.5 Å². The summed E-state index contributed by atoms with van der Waals surface area (Å²) in [4.78, 5) is 41.2. The topological polar surface area (TPSA) is 57.7 Å². The minimum Gasteiger partial charge on any atom is -0.313 e. The molecule has 0 aromatic carbocycles. The standard InChI is InChI=1S/C19H29ClN2O3/c1-19(14-10-6-7-11-15(14)20)17(24)22(18(25)21(19)2)12-16(23)13-8-4-3-5-9-13/h13-15H,3-12H2,1-2H3. The van der Waals surface area contributed by atoms with Gasteiger partial charge in [-0.3, -0.25) is 14.5 Å². The van der Waals surface area contributed by atoms with Gasteiger partial charge >= 0.3 is 6.03 Å². The van der Waals surface area contributed by atoms with Crippen molar-refractivity contribution >= 4 is 29.3 Å². The molecule has 1 saturated heterocycles. The Morgan fingerprint density at radius 3 is 2.32 bits per heavy atom.